The molecule has 1 fully saturated rings. The lowest BCUT2D eigenvalue weighted by molar-refractivity contribution is 0.0613. The Morgan fingerprint density at radius 3 is 2.81 bits per heavy atom. The molecule has 0 N–H and O–H groups in total. The summed E-state index contributed by atoms with van der Waals surface area (Å²) < 4.78 is 7.44. The van der Waals surface area contributed by atoms with Crippen LogP contribution in [0.1, 0.15) is 41.2 Å². The average Bonchev–Trinajstić information content (AvgIpc) is 3.08. The molecule has 1 saturated heterocycles. The zero-order chi connectivity index (χ0) is 18.1. The van der Waals surface area contributed by atoms with Crippen molar-refractivity contribution >= 4 is 16.8 Å². The molecule has 4 heteroatoms. The van der Waals surface area contributed by atoms with Gasteiger partial charge in [0.15, 0.2) is 0 Å². The molecule has 0 bridgehead atoms. The minimum absolute atomic E-state index is 0.102. The van der Waals surface area contributed by atoms with E-state index in [1.54, 1.807) is 7.11 Å². The predicted octanol–water partition coefficient (Wildman–Crippen LogP) is 4.55. The maximum absolute atomic E-state index is 13.4. The van der Waals surface area contributed by atoms with Crippen LogP contribution in [0, 0.1) is 0 Å². The standard InChI is InChI=1S/C22H24N2O2/c1-23-14-12-18-19(9-6-11-21(18)23)22(25)24-13-4-3-10-20(24)16-7-5-8-17(15-16)26-2/h5-9,11-12,14-15,20H,3-4,10,13H2,1-2H3. The van der Waals surface area contributed by atoms with Gasteiger partial charge in [0, 0.05) is 36.3 Å². The highest BCUT2D eigenvalue weighted by atomic mass is 16.5. The van der Waals surface area contributed by atoms with Gasteiger partial charge >= 0.3 is 0 Å². The highest BCUT2D eigenvalue weighted by Crippen LogP contribution is 2.34. The number of methoxy groups -OCH3 is 1. The molecule has 0 saturated carbocycles. The third-order valence-electron chi connectivity index (χ3n) is 5.40. The Morgan fingerprint density at radius 2 is 1.96 bits per heavy atom. The van der Waals surface area contributed by atoms with Gasteiger partial charge in [-0.2, -0.15) is 0 Å². The van der Waals surface area contributed by atoms with E-state index in [1.807, 2.05) is 48.5 Å². The number of hydrogen-bond acceptors (Lipinski definition) is 2. The number of hydrogen-bond donors (Lipinski definition) is 0. The van der Waals surface area contributed by atoms with Gasteiger partial charge in [-0.3, -0.25) is 4.79 Å². The molecule has 1 aliphatic rings. The number of nitrogens with zero attached hydrogens (tertiary/aromatic N) is 2. The molecular formula is C22H24N2O2. The van der Waals surface area contributed by atoms with Gasteiger partial charge in [0.2, 0.25) is 0 Å². The van der Waals surface area contributed by atoms with E-state index in [-0.39, 0.29) is 11.9 Å². The van der Waals surface area contributed by atoms with Crippen LogP contribution >= 0.6 is 0 Å². The molecule has 134 valence electrons. The lowest BCUT2D eigenvalue weighted by Crippen LogP contribution is -2.38. The fraction of sp³-hybridized carbons (Fsp3) is 0.318. The van der Waals surface area contributed by atoms with E-state index in [0.29, 0.717) is 0 Å². The second kappa shape index (κ2) is 6.87. The zero-order valence-electron chi connectivity index (χ0n) is 15.3. The molecule has 1 aliphatic heterocycles. The molecule has 1 aromatic heterocycles. The fourth-order valence-electron chi connectivity index (χ4n) is 4.01. The lowest BCUT2D eigenvalue weighted by atomic mass is 9.94. The van der Waals surface area contributed by atoms with Gasteiger partial charge in [0.25, 0.3) is 5.91 Å². The number of fused-ring (bicyclic) bond motifs is 1. The summed E-state index contributed by atoms with van der Waals surface area (Å²) in [5.74, 6) is 0.958. The molecule has 3 aromatic rings. The first-order valence-electron chi connectivity index (χ1n) is 9.18. The van der Waals surface area contributed by atoms with Crippen LogP contribution in [-0.2, 0) is 7.05 Å². The van der Waals surface area contributed by atoms with Crippen molar-refractivity contribution < 1.29 is 9.53 Å². The molecule has 2 heterocycles. The number of rotatable bonds is 3. The van der Waals surface area contributed by atoms with Crippen molar-refractivity contribution in [2.75, 3.05) is 13.7 Å². The molecule has 26 heavy (non-hydrogen) atoms. The minimum Gasteiger partial charge on any atom is -0.497 e. The first-order valence-corrected chi connectivity index (χ1v) is 9.18. The van der Waals surface area contributed by atoms with Crippen molar-refractivity contribution in [1.82, 2.24) is 9.47 Å². The number of aryl methyl sites for hydroxylation is 1. The highest BCUT2D eigenvalue weighted by Gasteiger charge is 2.29. The summed E-state index contributed by atoms with van der Waals surface area (Å²) in [6.45, 7) is 0.796. The number of likely N-dealkylation sites (tertiary alicyclic amines) is 1. The van der Waals surface area contributed by atoms with E-state index in [1.165, 1.54) is 0 Å². The lowest BCUT2D eigenvalue weighted by Gasteiger charge is -2.36. The van der Waals surface area contributed by atoms with E-state index in [0.717, 1.165) is 53.6 Å². The molecule has 2 aromatic carbocycles. The van der Waals surface area contributed by atoms with Gasteiger partial charge in [-0.05, 0) is 55.2 Å². The van der Waals surface area contributed by atoms with Gasteiger partial charge in [0.05, 0.1) is 13.2 Å². The van der Waals surface area contributed by atoms with Gasteiger partial charge in [-0.15, -0.1) is 0 Å². The molecule has 1 atom stereocenters. The average molecular weight is 348 g/mol. The van der Waals surface area contributed by atoms with E-state index >= 15 is 0 Å². The molecule has 0 spiro atoms. The first kappa shape index (κ1) is 16.7. The first-order chi connectivity index (χ1) is 12.7. The Morgan fingerprint density at radius 1 is 1.12 bits per heavy atom. The van der Waals surface area contributed by atoms with Gasteiger partial charge in [-0.25, -0.2) is 0 Å². The van der Waals surface area contributed by atoms with Crippen molar-refractivity contribution in [2.24, 2.45) is 7.05 Å². The topological polar surface area (TPSA) is 34.5 Å². The predicted molar refractivity (Wildman–Crippen MR) is 104 cm³/mol. The molecule has 0 radical (unpaired) electrons. The van der Waals surface area contributed by atoms with E-state index < -0.39 is 0 Å². The molecular weight excluding hydrogens is 324 g/mol. The Hall–Kier alpha value is -2.75. The summed E-state index contributed by atoms with van der Waals surface area (Å²) in [7, 11) is 3.69. The largest absolute Gasteiger partial charge is 0.497 e. The number of piperidine rings is 1. The smallest absolute Gasteiger partial charge is 0.255 e. The Kier molecular flexibility index (Phi) is 4.41. The molecule has 1 amide bonds. The van der Waals surface area contributed by atoms with Crippen LogP contribution in [0.5, 0.6) is 5.75 Å². The number of amides is 1. The zero-order valence-corrected chi connectivity index (χ0v) is 15.3. The maximum atomic E-state index is 13.4. The quantitative estimate of drug-likeness (QED) is 0.696. The molecule has 4 nitrogen and oxygen atoms in total. The monoisotopic (exact) mass is 348 g/mol. The summed E-state index contributed by atoms with van der Waals surface area (Å²) in [6, 6.07) is 16.2. The number of carbonyl (C=O) groups excluding carboxylic acids is 1. The van der Waals surface area contributed by atoms with Crippen molar-refractivity contribution in [1.29, 1.82) is 0 Å². The van der Waals surface area contributed by atoms with E-state index in [4.69, 9.17) is 4.74 Å². The Bertz CT molecular complexity index is 944. The summed E-state index contributed by atoms with van der Waals surface area (Å²) in [5, 5.41) is 1.02. The van der Waals surface area contributed by atoms with Crippen LogP contribution in [0.4, 0.5) is 0 Å². The third kappa shape index (κ3) is 2.85. The normalized spacial score (nSPS) is 17.5. The Labute approximate surface area is 154 Å². The van der Waals surface area contributed by atoms with E-state index in [2.05, 4.69) is 22.8 Å². The van der Waals surface area contributed by atoms with Gasteiger partial charge < -0.3 is 14.2 Å². The maximum Gasteiger partial charge on any atom is 0.255 e. The van der Waals surface area contributed by atoms with Gasteiger partial charge in [0.1, 0.15) is 5.75 Å². The van der Waals surface area contributed by atoms with Gasteiger partial charge in [-0.1, -0.05) is 18.2 Å². The van der Waals surface area contributed by atoms with Crippen molar-refractivity contribution in [2.45, 2.75) is 25.3 Å². The second-order valence-corrected chi connectivity index (χ2v) is 6.95. The molecule has 1 unspecified atom stereocenters. The number of benzene rings is 2. The summed E-state index contributed by atoms with van der Waals surface area (Å²) >= 11 is 0. The SMILES string of the molecule is COc1cccc(C2CCCCN2C(=O)c2cccc3c2ccn3C)c1. The van der Waals surface area contributed by atoms with E-state index in [9.17, 15) is 4.79 Å². The number of aromatic nitrogens is 1. The molecule has 0 aliphatic carbocycles. The number of ether oxygens (including phenoxy) is 1. The van der Waals surface area contributed by atoms with Crippen LogP contribution in [0.15, 0.2) is 54.7 Å². The summed E-state index contributed by atoms with van der Waals surface area (Å²) in [6.07, 6.45) is 5.19. The van der Waals surface area contributed by atoms with Crippen molar-refractivity contribution in [3.05, 3.63) is 65.9 Å². The molecule has 4 rings (SSSR count). The fourth-order valence-corrected chi connectivity index (χ4v) is 4.01. The van der Waals surface area contributed by atoms with Crippen LogP contribution < -0.4 is 4.74 Å². The highest BCUT2D eigenvalue weighted by molar-refractivity contribution is 6.06. The van der Waals surface area contributed by atoms with Crippen LogP contribution in [0.2, 0.25) is 0 Å². The van der Waals surface area contributed by atoms with Crippen LogP contribution in [0.25, 0.3) is 10.9 Å². The Balaban J connectivity index is 1.72. The van der Waals surface area contributed by atoms with Crippen LogP contribution in [-0.4, -0.2) is 29.0 Å². The van der Waals surface area contributed by atoms with Crippen molar-refractivity contribution in [3.63, 3.8) is 0 Å². The summed E-state index contributed by atoms with van der Waals surface area (Å²) in [4.78, 5) is 15.5. The number of carbonyl (C=O) groups is 1. The second-order valence-electron chi connectivity index (χ2n) is 6.95. The third-order valence-corrected chi connectivity index (χ3v) is 5.40. The van der Waals surface area contributed by atoms with Crippen molar-refractivity contribution in [3.8, 4) is 5.75 Å². The summed E-state index contributed by atoms with van der Waals surface area (Å²) in [5.41, 5.74) is 3.03. The minimum atomic E-state index is 0.102. The van der Waals surface area contributed by atoms with Crippen LogP contribution in [0.3, 0.4) is 0 Å².